The number of likely N-dealkylation sites (tertiary alicyclic amines) is 1. The average molecular weight is 375 g/mol. The van der Waals surface area contributed by atoms with E-state index in [4.69, 9.17) is 11.6 Å². The predicted molar refractivity (Wildman–Crippen MR) is 95.0 cm³/mol. The van der Waals surface area contributed by atoms with Crippen LogP contribution in [0, 0.1) is 0 Å². The fourth-order valence-corrected chi connectivity index (χ4v) is 3.89. The molecule has 1 heterocycles. The summed E-state index contributed by atoms with van der Waals surface area (Å²) in [5, 5.41) is 3.08. The average Bonchev–Trinajstić information content (AvgIpc) is 2.77. The number of carbonyl (C=O) groups excluding carboxylic acids is 1. The van der Waals surface area contributed by atoms with E-state index in [2.05, 4.69) is 5.32 Å². The molecule has 1 fully saturated rings. The van der Waals surface area contributed by atoms with Gasteiger partial charge in [-0.1, -0.05) is 11.6 Å². The summed E-state index contributed by atoms with van der Waals surface area (Å²) in [4.78, 5) is 13.7. The van der Waals surface area contributed by atoms with Crippen molar-refractivity contribution in [1.82, 2.24) is 4.31 Å². The zero-order chi connectivity index (χ0) is 17.7. The smallest absolute Gasteiger partial charge is 0.279 e. The van der Waals surface area contributed by atoms with Gasteiger partial charge in [-0.3, -0.25) is 4.79 Å². The maximum atomic E-state index is 12.3. The van der Waals surface area contributed by atoms with Crippen LogP contribution >= 0.6 is 11.6 Å². The van der Waals surface area contributed by atoms with E-state index in [1.54, 1.807) is 0 Å². The van der Waals surface area contributed by atoms with Crippen molar-refractivity contribution in [2.75, 3.05) is 39.0 Å². The van der Waals surface area contributed by atoms with E-state index in [-0.39, 0.29) is 10.8 Å². The van der Waals surface area contributed by atoms with Crippen molar-refractivity contribution in [3.05, 3.63) is 23.2 Å². The van der Waals surface area contributed by atoms with Crippen molar-refractivity contribution in [3.8, 4) is 0 Å². The van der Waals surface area contributed by atoms with Crippen LogP contribution in [0.15, 0.2) is 23.1 Å². The lowest BCUT2D eigenvalue weighted by Crippen LogP contribution is -3.12. The largest absolute Gasteiger partial charge is 0.327 e. The van der Waals surface area contributed by atoms with E-state index in [0.29, 0.717) is 17.3 Å². The molecule has 1 aromatic carbocycles. The first-order chi connectivity index (χ1) is 11.3. The number of hydrogen-bond acceptors (Lipinski definition) is 3. The molecule has 1 saturated heterocycles. The molecule has 0 bridgehead atoms. The maximum absolute atomic E-state index is 12.3. The van der Waals surface area contributed by atoms with Crippen LogP contribution < -0.4 is 10.2 Å². The highest BCUT2D eigenvalue weighted by atomic mass is 35.5. The molecule has 8 heteroatoms. The number of sulfonamides is 1. The molecular weight excluding hydrogens is 350 g/mol. The number of nitrogens with zero attached hydrogens (tertiary/aromatic N) is 1. The minimum absolute atomic E-state index is 0.106. The van der Waals surface area contributed by atoms with Crippen molar-refractivity contribution in [2.45, 2.75) is 30.6 Å². The predicted octanol–water partition coefficient (Wildman–Crippen LogP) is 0.988. The van der Waals surface area contributed by atoms with Gasteiger partial charge in [0.15, 0.2) is 6.54 Å². The lowest BCUT2D eigenvalue weighted by Gasteiger charge is -2.17. The molecule has 1 aromatic rings. The Morgan fingerprint density at radius 1 is 1.21 bits per heavy atom. The summed E-state index contributed by atoms with van der Waals surface area (Å²) in [6.45, 7) is 2.37. The number of anilines is 1. The van der Waals surface area contributed by atoms with E-state index in [9.17, 15) is 13.2 Å². The zero-order valence-corrected chi connectivity index (χ0v) is 15.7. The van der Waals surface area contributed by atoms with Gasteiger partial charge < -0.3 is 10.2 Å². The molecule has 134 valence electrons. The number of hydrogen-bond donors (Lipinski definition) is 2. The molecule has 0 unspecified atom stereocenters. The minimum Gasteiger partial charge on any atom is -0.327 e. The SMILES string of the molecule is CN(C)S(=O)(=O)c1ccc(Cl)c(NC(=O)C[NH+]2CCCCCC2)c1. The first-order valence-electron chi connectivity index (χ1n) is 8.16. The van der Waals surface area contributed by atoms with Gasteiger partial charge in [0.2, 0.25) is 10.0 Å². The first kappa shape index (κ1) is 19.2. The van der Waals surface area contributed by atoms with Gasteiger partial charge in [0.1, 0.15) is 0 Å². The Kier molecular flexibility index (Phi) is 6.62. The van der Waals surface area contributed by atoms with Crippen molar-refractivity contribution in [3.63, 3.8) is 0 Å². The third-order valence-electron chi connectivity index (χ3n) is 4.21. The highest BCUT2D eigenvalue weighted by Gasteiger charge is 2.21. The van der Waals surface area contributed by atoms with Gasteiger partial charge in [0.05, 0.1) is 28.7 Å². The van der Waals surface area contributed by atoms with Crippen LogP contribution in [0.4, 0.5) is 5.69 Å². The maximum Gasteiger partial charge on any atom is 0.279 e. The second kappa shape index (κ2) is 8.29. The molecule has 0 atom stereocenters. The van der Waals surface area contributed by atoms with E-state index < -0.39 is 10.0 Å². The molecule has 0 aromatic heterocycles. The molecule has 2 N–H and O–H groups in total. The van der Waals surface area contributed by atoms with Gasteiger partial charge in [-0.2, -0.15) is 0 Å². The molecule has 1 amide bonds. The topological polar surface area (TPSA) is 70.9 Å². The molecule has 0 spiro atoms. The molecule has 2 rings (SSSR count). The van der Waals surface area contributed by atoms with Crippen LogP contribution in [0.25, 0.3) is 0 Å². The first-order valence-corrected chi connectivity index (χ1v) is 9.98. The summed E-state index contributed by atoms with van der Waals surface area (Å²) < 4.78 is 25.5. The number of halogens is 1. The van der Waals surface area contributed by atoms with E-state index in [0.717, 1.165) is 30.2 Å². The fraction of sp³-hybridized carbons (Fsp3) is 0.562. The number of amides is 1. The Bertz CT molecular complexity index is 684. The summed E-state index contributed by atoms with van der Waals surface area (Å²) in [6, 6.07) is 4.34. The quantitative estimate of drug-likeness (QED) is 0.807. The molecule has 1 aliphatic rings. The molecule has 0 radical (unpaired) electrons. The van der Waals surface area contributed by atoms with Crippen molar-refractivity contribution < 1.29 is 18.1 Å². The molecule has 0 saturated carbocycles. The van der Waals surface area contributed by atoms with Crippen molar-refractivity contribution in [1.29, 1.82) is 0 Å². The van der Waals surface area contributed by atoms with Crippen molar-refractivity contribution >= 4 is 33.2 Å². The van der Waals surface area contributed by atoms with Gasteiger partial charge in [0, 0.05) is 14.1 Å². The van der Waals surface area contributed by atoms with Gasteiger partial charge >= 0.3 is 0 Å². The van der Waals surface area contributed by atoms with Crippen LogP contribution in [0.3, 0.4) is 0 Å². The Balaban J connectivity index is 2.09. The standard InChI is InChI=1S/C16H24ClN3O3S/c1-19(2)24(22,23)13-7-8-14(17)15(11-13)18-16(21)12-20-9-5-3-4-6-10-20/h7-8,11H,3-6,9-10,12H2,1-2H3,(H,18,21)/p+1. The second-order valence-corrected chi connectivity index (χ2v) is 8.88. The third kappa shape index (κ3) is 4.92. The summed E-state index contributed by atoms with van der Waals surface area (Å²) in [5.41, 5.74) is 0.332. The van der Waals surface area contributed by atoms with Crippen LogP contribution in [0.5, 0.6) is 0 Å². The van der Waals surface area contributed by atoms with Gasteiger partial charge in [0.25, 0.3) is 5.91 Å². The van der Waals surface area contributed by atoms with Crippen LogP contribution in [-0.2, 0) is 14.8 Å². The van der Waals surface area contributed by atoms with Crippen LogP contribution in [0.1, 0.15) is 25.7 Å². The Morgan fingerprint density at radius 2 is 1.83 bits per heavy atom. The second-order valence-electron chi connectivity index (χ2n) is 6.32. The Hall–Kier alpha value is -1.15. The zero-order valence-electron chi connectivity index (χ0n) is 14.1. The van der Waals surface area contributed by atoms with Gasteiger partial charge in [-0.05, 0) is 43.9 Å². The highest BCUT2D eigenvalue weighted by molar-refractivity contribution is 7.89. The molecule has 1 aliphatic heterocycles. The summed E-state index contributed by atoms with van der Waals surface area (Å²) >= 11 is 6.11. The molecule has 0 aliphatic carbocycles. The van der Waals surface area contributed by atoms with Crippen molar-refractivity contribution in [2.24, 2.45) is 0 Å². The number of benzene rings is 1. The summed E-state index contributed by atoms with van der Waals surface area (Å²) in [6.07, 6.45) is 4.72. The minimum atomic E-state index is -3.57. The monoisotopic (exact) mass is 374 g/mol. The number of quaternary nitrogens is 1. The van der Waals surface area contributed by atoms with E-state index in [1.807, 2.05) is 0 Å². The lowest BCUT2D eigenvalue weighted by molar-refractivity contribution is -0.890. The highest BCUT2D eigenvalue weighted by Crippen LogP contribution is 2.26. The lowest BCUT2D eigenvalue weighted by atomic mass is 10.2. The van der Waals surface area contributed by atoms with Gasteiger partial charge in [-0.25, -0.2) is 12.7 Å². The molecule has 24 heavy (non-hydrogen) atoms. The van der Waals surface area contributed by atoms with Crippen LogP contribution in [0.2, 0.25) is 5.02 Å². The third-order valence-corrected chi connectivity index (χ3v) is 6.35. The normalized spacial score (nSPS) is 16.8. The number of carbonyl (C=O) groups is 1. The Morgan fingerprint density at radius 3 is 2.42 bits per heavy atom. The fourth-order valence-electron chi connectivity index (χ4n) is 2.80. The van der Waals surface area contributed by atoms with Crippen LogP contribution in [-0.4, -0.2) is 52.4 Å². The molecular formula is C16H25ClN3O3S+. The van der Waals surface area contributed by atoms with E-state index >= 15 is 0 Å². The van der Waals surface area contributed by atoms with Gasteiger partial charge in [-0.15, -0.1) is 0 Å². The molecule has 6 nitrogen and oxygen atoms in total. The number of rotatable bonds is 5. The van der Waals surface area contributed by atoms with E-state index in [1.165, 1.54) is 50.0 Å². The number of nitrogens with one attached hydrogen (secondary N) is 2. The summed E-state index contributed by atoms with van der Waals surface area (Å²) in [7, 11) is -0.639. The Labute approximate surface area is 148 Å². The summed E-state index contributed by atoms with van der Waals surface area (Å²) in [5.74, 6) is -0.145.